The predicted molar refractivity (Wildman–Crippen MR) is 70.6 cm³/mol. The van der Waals surface area contributed by atoms with Gasteiger partial charge in [0.1, 0.15) is 10.3 Å². The Morgan fingerprint density at radius 1 is 0.944 bits per heavy atom. The van der Waals surface area contributed by atoms with E-state index in [0.717, 1.165) is 0 Å². The molecular formula is C11H8Cl2N2O2S. The summed E-state index contributed by atoms with van der Waals surface area (Å²) in [6.07, 6.45) is 0. The van der Waals surface area contributed by atoms with E-state index in [0.29, 0.717) is 5.69 Å². The molecule has 0 aliphatic rings. The molecule has 1 heterocycles. The second kappa shape index (κ2) is 4.76. The molecule has 2 rings (SSSR count). The van der Waals surface area contributed by atoms with Crippen LogP contribution in [-0.4, -0.2) is 13.4 Å². The Bertz CT molecular complexity index is 664. The quantitative estimate of drug-likeness (QED) is 0.684. The van der Waals surface area contributed by atoms with Crippen LogP contribution in [0.5, 0.6) is 0 Å². The molecule has 0 amide bonds. The van der Waals surface area contributed by atoms with Gasteiger partial charge in [-0.3, -0.25) is 0 Å². The van der Waals surface area contributed by atoms with E-state index in [1.807, 2.05) is 0 Å². The van der Waals surface area contributed by atoms with Crippen molar-refractivity contribution < 1.29 is 8.42 Å². The molecule has 0 atom stereocenters. The van der Waals surface area contributed by atoms with E-state index in [2.05, 4.69) is 4.98 Å². The molecule has 4 nitrogen and oxygen atoms in total. The van der Waals surface area contributed by atoms with E-state index < -0.39 is 9.84 Å². The topological polar surface area (TPSA) is 73.1 Å². The molecule has 0 unspecified atom stereocenters. The molecule has 0 aliphatic carbocycles. The number of sulfone groups is 1. The maximum absolute atomic E-state index is 12.3. The molecule has 0 bridgehead atoms. The van der Waals surface area contributed by atoms with Gasteiger partial charge in [0.05, 0.1) is 9.79 Å². The van der Waals surface area contributed by atoms with Crippen molar-refractivity contribution in [2.45, 2.75) is 9.79 Å². The molecule has 1 aromatic heterocycles. The lowest BCUT2D eigenvalue weighted by atomic mass is 10.3. The van der Waals surface area contributed by atoms with Crippen LogP contribution < -0.4 is 5.73 Å². The summed E-state index contributed by atoms with van der Waals surface area (Å²) >= 11 is 11.4. The molecule has 0 saturated carbocycles. The van der Waals surface area contributed by atoms with Gasteiger partial charge in [-0.25, -0.2) is 13.4 Å². The second-order valence-corrected chi connectivity index (χ2v) is 6.24. The highest BCUT2D eigenvalue weighted by molar-refractivity contribution is 7.91. The lowest BCUT2D eigenvalue weighted by molar-refractivity contribution is 0.596. The van der Waals surface area contributed by atoms with E-state index in [-0.39, 0.29) is 20.1 Å². The van der Waals surface area contributed by atoms with Gasteiger partial charge in [0.2, 0.25) is 9.84 Å². The Morgan fingerprint density at radius 2 is 1.44 bits per heavy atom. The van der Waals surface area contributed by atoms with Crippen molar-refractivity contribution in [3.63, 3.8) is 0 Å². The minimum absolute atomic E-state index is 0.00253. The first-order chi connectivity index (χ1) is 8.39. The van der Waals surface area contributed by atoms with Crippen molar-refractivity contribution in [3.8, 4) is 0 Å². The zero-order chi connectivity index (χ0) is 13.3. The first-order valence-corrected chi connectivity index (χ1v) is 7.07. The van der Waals surface area contributed by atoms with Gasteiger partial charge in [-0.1, -0.05) is 23.2 Å². The molecule has 2 N–H and O–H groups in total. The van der Waals surface area contributed by atoms with Crippen molar-refractivity contribution >= 4 is 38.7 Å². The van der Waals surface area contributed by atoms with Gasteiger partial charge in [0.15, 0.2) is 0 Å². The molecule has 0 radical (unpaired) electrons. The SMILES string of the molecule is Nc1ccc(S(=O)(=O)c2cc(Cl)nc(Cl)c2)cc1. The van der Waals surface area contributed by atoms with Gasteiger partial charge in [0.25, 0.3) is 0 Å². The molecular weight excluding hydrogens is 295 g/mol. The average Bonchev–Trinajstić information content (AvgIpc) is 2.28. The highest BCUT2D eigenvalue weighted by Gasteiger charge is 2.19. The maximum Gasteiger partial charge on any atom is 0.206 e. The van der Waals surface area contributed by atoms with Crippen LogP contribution >= 0.6 is 23.2 Å². The largest absolute Gasteiger partial charge is 0.399 e. The van der Waals surface area contributed by atoms with E-state index in [1.165, 1.54) is 36.4 Å². The van der Waals surface area contributed by atoms with Crippen LogP contribution in [0.15, 0.2) is 46.2 Å². The zero-order valence-electron chi connectivity index (χ0n) is 8.97. The number of pyridine rings is 1. The molecule has 0 aliphatic heterocycles. The Kier molecular flexibility index (Phi) is 3.47. The predicted octanol–water partition coefficient (Wildman–Crippen LogP) is 2.80. The van der Waals surface area contributed by atoms with Gasteiger partial charge >= 0.3 is 0 Å². The van der Waals surface area contributed by atoms with Gasteiger partial charge in [-0.15, -0.1) is 0 Å². The van der Waals surface area contributed by atoms with Crippen LogP contribution in [0.1, 0.15) is 0 Å². The smallest absolute Gasteiger partial charge is 0.206 e. The summed E-state index contributed by atoms with van der Waals surface area (Å²) in [5.74, 6) is 0. The summed E-state index contributed by atoms with van der Waals surface area (Å²) in [5, 5.41) is 0.0491. The molecule has 2 aromatic rings. The third kappa shape index (κ3) is 2.58. The van der Waals surface area contributed by atoms with E-state index in [1.54, 1.807) is 0 Å². The number of nitrogens with zero attached hydrogens (tertiary/aromatic N) is 1. The minimum atomic E-state index is -3.67. The van der Waals surface area contributed by atoms with Crippen molar-refractivity contribution in [2.24, 2.45) is 0 Å². The fourth-order valence-corrected chi connectivity index (χ4v) is 3.27. The number of benzene rings is 1. The van der Waals surface area contributed by atoms with Crippen molar-refractivity contribution in [1.82, 2.24) is 4.98 Å². The minimum Gasteiger partial charge on any atom is -0.399 e. The third-order valence-corrected chi connectivity index (χ3v) is 4.37. The number of hydrogen-bond acceptors (Lipinski definition) is 4. The molecule has 0 saturated heterocycles. The van der Waals surface area contributed by atoms with E-state index >= 15 is 0 Å². The first kappa shape index (κ1) is 13.1. The molecule has 0 fully saturated rings. The van der Waals surface area contributed by atoms with Gasteiger partial charge < -0.3 is 5.73 Å². The summed E-state index contributed by atoms with van der Waals surface area (Å²) in [6.45, 7) is 0. The Balaban J connectivity index is 2.57. The number of halogens is 2. The van der Waals surface area contributed by atoms with Crippen molar-refractivity contribution in [3.05, 3.63) is 46.7 Å². The average molecular weight is 303 g/mol. The summed E-state index contributed by atoms with van der Waals surface area (Å²) < 4.78 is 24.5. The van der Waals surface area contributed by atoms with Gasteiger partial charge in [0, 0.05) is 5.69 Å². The summed E-state index contributed by atoms with van der Waals surface area (Å²) in [7, 11) is -3.67. The van der Waals surface area contributed by atoms with Crippen LogP contribution in [0.2, 0.25) is 10.3 Å². The second-order valence-electron chi connectivity index (χ2n) is 3.52. The van der Waals surface area contributed by atoms with Crippen molar-refractivity contribution in [1.29, 1.82) is 0 Å². The highest BCUT2D eigenvalue weighted by atomic mass is 35.5. The zero-order valence-corrected chi connectivity index (χ0v) is 11.3. The molecule has 0 spiro atoms. The number of anilines is 1. The van der Waals surface area contributed by atoms with Crippen LogP contribution in [0.3, 0.4) is 0 Å². The summed E-state index contributed by atoms with van der Waals surface area (Å²) in [6, 6.07) is 8.37. The van der Waals surface area contributed by atoms with Gasteiger partial charge in [-0.2, -0.15) is 0 Å². The third-order valence-electron chi connectivity index (χ3n) is 2.24. The number of hydrogen-bond donors (Lipinski definition) is 1. The maximum atomic E-state index is 12.3. The van der Waals surface area contributed by atoms with Crippen LogP contribution in [0.4, 0.5) is 5.69 Å². The number of aromatic nitrogens is 1. The number of nitrogens with two attached hydrogens (primary N) is 1. The number of nitrogen functional groups attached to an aromatic ring is 1. The molecule has 94 valence electrons. The first-order valence-electron chi connectivity index (χ1n) is 4.83. The molecule has 7 heteroatoms. The Labute approximate surface area is 114 Å². The van der Waals surface area contributed by atoms with Crippen molar-refractivity contribution in [2.75, 3.05) is 5.73 Å². The van der Waals surface area contributed by atoms with Crippen LogP contribution in [0, 0.1) is 0 Å². The Morgan fingerprint density at radius 3 is 1.94 bits per heavy atom. The Hall–Kier alpha value is -1.30. The van der Waals surface area contributed by atoms with Gasteiger partial charge in [-0.05, 0) is 36.4 Å². The van der Waals surface area contributed by atoms with Crippen LogP contribution in [0.25, 0.3) is 0 Å². The monoisotopic (exact) mass is 302 g/mol. The fourth-order valence-electron chi connectivity index (χ4n) is 1.38. The highest BCUT2D eigenvalue weighted by Crippen LogP contribution is 2.25. The number of rotatable bonds is 2. The molecule has 18 heavy (non-hydrogen) atoms. The van der Waals surface area contributed by atoms with E-state index in [4.69, 9.17) is 28.9 Å². The summed E-state index contributed by atoms with van der Waals surface area (Å²) in [4.78, 5) is 3.82. The lowest BCUT2D eigenvalue weighted by Crippen LogP contribution is -2.02. The summed E-state index contributed by atoms with van der Waals surface area (Å²) in [5.41, 5.74) is 6.00. The standard InChI is InChI=1S/C11H8Cl2N2O2S/c12-10-5-9(6-11(13)15-10)18(16,17)8-3-1-7(14)2-4-8/h1-6H,14H2. The fraction of sp³-hybridized carbons (Fsp3) is 0. The normalized spacial score (nSPS) is 11.4. The van der Waals surface area contributed by atoms with E-state index in [9.17, 15) is 8.42 Å². The lowest BCUT2D eigenvalue weighted by Gasteiger charge is -2.05. The molecule has 1 aromatic carbocycles. The van der Waals surface area contributed by atoms with Crippen LogP contribution in [-0.2, 0) is 9.84 Å².